The van der Waals surface area contributed by atoms with Crippen LogP contribution in [0.4, 0.5) is 0 Å². The summed E-state index contributed by atoms with van der Waals surface area (Å²) in [7, 11) is 1.87. The van der Waals surface area contributed by atoms with Crippen LogP contribution in [0.5, 0.6) is 5.75 Å². The number of amides is 1. The molecule has 0 unspecified atom stereocenters. The first-order valence-corrected chi connectivity index (χ1v) is 7.58. The third kappa shape index (κ3) is 3.34. The molecule has 1 fully saturated rings. The Labute approximate surface area is 134 Å². The lowest BCUT2D eigenvalue weighted by atomic mass is 10.1. The van der Waals surface area contributed by atoms with Gasteiger partial charge in [0.15, 0.2) is 6.61 Å². The molecule has 0 radical (unpaired) electrons. The lowest BCUT2D eigenvalue weighted by molar-refractivity contribution is -0.134. The van der Waals surface area contributed by atoms with Crippen LogP contribution in [-0.4, -0.2) is 33.7 Å². The molecule has 118 valence electrons. The maximum Gasteiger partial charge on any atom is 0.261 e. The first-order chi connectivity index (χ1) is 11.2. The zero-order valence-electron chi connectivity index (χ0n) is 13.0. The topological polar surface area (TPSA) is 71.2 Å². The highest BCUT2D eigenvalue weighted by molar-refractivity contribution is 5.78. The molecule has 1 saturated heterocycles. The Hall–Kier alpha value is -2.81. The fourth-order valence-electron chi connectivity index (χ4n) is 2.88. The minimum Gasteiger partial charge on any atom is -0.484 e. The van der Waals surface area contributed by atoms with Gasteiger partial charge in [0.2, 0.25) is 0 Å². The van der Waals surface area contributed by atoms with Crippen molar-refractivity contribution in [2.75, 3.05) is 13.2 Å². The number of nitriles is 1. The SMILES string of the molecule is Cn1cc([C@H]2CCCN2C(=O)COc2ccc(C#N)cc2)cn1. The molecule has 0 spiro atoms. The van der Waals surface area contributed by atoms with Crippen LogP contribution in [0.15, 0.2) is 36.7 Å². The van der Waals surface area contributed by atoms with Crippen LogP contribution in [0.1, 0.15) is 30.0 Å². The van der Waals surface area contributed by atoms with Crippen molar-refractivity contribution in [2.45, 2.75) is 18.9 Å². The smallest absolute Gasteiger partial charge is 0.261 e. The van der Waals surface area contributed by atoms with Crippen LogP contribution >= 0.6 is 0 Å². The van der Waals surface area contributed by atoms with Gasteiger partial charge in [-0.05, 0) is 37.1 Å². The van der Waals surface area contributed by atoms with Gasteiger partial charge >= 0.3 is 0 Å². The predicted molar refractivity (Wildman–Crippen MR) is 83.5 cm³/mol. The van der Waals surface area contributed by atoms with E-state index in [1.807, 2.05) is 24.3 Å². The molecule has 2 aromatic rings. The van der Waals surface area contributed by atoms with Crippen molar-refractivity contribution >= 4 is 5.91 Å². The lowest BCUT2D eigenvalue weighted by Gasteiger charge is -2.23. The largest absolute Gasteiger partial charge is 0.484 e. The summed E-state index contributed by atoms with van der Waals surface area (Å²) in [5, 5.41) is 13.0. The highest BCUT2D eigenvalue weighted by Crippen LogP contribution is 2.31. The van der Waals surface area contributed by atoms with Gasteiger partial charge in [0, 0.05) is 25.4 Å². The Morgan fingerprint density at radius 2 is 2.22 bits per heavy atom. The Morgan fingerprint density at radius 1 is 1.43 bits per heavy atom. The monoisotopic (exact) mass is 310 g/mol. The van der Waals surface area contributed by atoms with Crippen LogP contribution in [-0.2, 0) is 11.8 Å². The fourth-order valence-corrected chi connectivity index (χ4v) is 2.88. The fraction of sp³-hybridized carbons (Fsp3) is 0.353. The standard InChI is InChI=1S/C17H18N4O2/c1-20-11-14(10-19-20)16-3-2-8-21(16)17(22)12-23-15-6-4-13(9-18)5-7-15/h4-7,10-11,16H,2-3,8,12H2,1H3/t16-/m1/s1. The molecule has 0 N–H and O–H groups in total. The molecule has 0 bridgehead atoms. The summed E-state index contributed by atoms with van der Waals surface area (Å²) in [6.45, 7) is 0.748. The number of likely N-dealkylation sites (tertiary alicyclic amines) is 1. The molecular formula is C17H18N4O2. The van der Waals surface area contributed by atoms with E-state index >= 15 is 0 Å². The van der Waals surface area contributed by atoms with Gasteiger partial charge < -0.3 is 9.64 Å². The summed E-state index contributed by atoms with van der Waals surface area (Å²) >= 11 is 0. The maximum absolute atomic E-state index is 12.5. The van der Waals surface area contributed by atoms with Crippen molar-refractivity contribution in [1.29, 1.82) is 5.26 Å². The van der Waals surface area contributed by atoms with Gasteiger partial charge in [-0.1, -0.05) is 0 Å². The van der Waals surface area contributed by atoms with E-state index in [1.54, 1.807) is 28.9 Å². The molecule has 6 heteroatoms. The molecule has 0 aliphatic carbocycles. The van der Waals surface area contributed by atoms with Crippen molar-refractivity contribution in [1.82, 2.24) is 14.7 Å². The summed E-state index contributed by atoms with van der Waals surface area (Å²) in [5.74, 6) is 0.565. The second-order valence-electron chi connectivity index (χ2n) is 5.62. The predicted octanol–water partition coefficient (Wildman–Crippen LogP) is 2.03. The number of aryl methyl sites for hydroxylation is 1. The molecule has 2 heterocycles. The molecule has 1 aliphatic heterocycles. The number of aromatic nitrogens is 2. The maximum atomic E-state index is 12.5. The Bertz CT molecular complexity index is 730. The first-order valence-electron chi connectivity index (χ1n) is 7.58. The summed E-state index contributed by atoms with van der Waals surface area (Å²) in [5.41, 5.74) is 1.64. The van der Waals surface area contributed by atoms with Crippen molar-refractivity contribution in [2.24, 2.45) is 7.05 Å². The van der Waals surface area contributed by atoms with Crippen LogP contribution < -0.4 is 4.74 Å². The summed E-state index contributed by atoms with van der Waals surface area (Å²) in [6.07, 6.45) is 5.71. The van der Waals surface area contributed by atoms with E-state index in [0.717, 1.165) is 24.9 Å². The van der Waals surface area contributed by atoms with Crippen LogP contribution in [0.3, 0.4) is 0 Å². The summed E-state index contributed by atoms with van der Waals surface area (Å²) < 4.78 is 7.30. The highest BCUT2D eigenvalue weighted by Gasteiger charge is 2.30. The molecule has 1 atom stereocenters. The van der Waals surface area contributed by atoms with Crippen LogP contribution in [0.2, 0.25) is 0 Å². The van der Waals surface area contributed by atoms with Crippen molar-refractivity contribution in [3.05, 3.63) is 47.8 Å². The van der Waals surface area contributed by atoms with E-state index in [0.29, 0.717) is 11.3 Å². The molecule has 1 aromatic carbocycles. The quantitative estimate of drug-likeness (QED) is 0.866. The Morgan fingerprint density at radius 3 is 2.87 bits per heavy atom. The van der Waals surface area contributed by atoms with E-state index in [9.17, 15) is 4.79 Å². The van der Waals surface area contributed by atoms with Crippen LogP contribution in [0, 0.1) is 11.3 Å². The number of hydrogen-bond donors (Lipinski definition) is 0. The van der Waals surface area contributed by atoms with Gasteiger partial charge in [-0.25, -0.2) is 0 Å². The van der Waals surface area contributed by atoms with E-state index in [-0.39, 0.29) is 18.6 Å². The van der Waals surface area contributed by atoms with Gasteiger partial charge in [0.05, 0.1) is 23.9 Å². The third-order valence-electron chi connectivity index (χ3n) is 4.03. The first kappa shape index (κ1) is 15.1. The Kier molecular flexibility index (Phi) is 4.29. The van der Waals surface area contributed by atoms with Crippen molar-refractivity contribution < 1.29 is 9.53 Å². The van der Waals surface area contributed by atoms with Gasteiger partial charge in [-0.2, -0.15) is 10.4 Å². The molecule has 1 aromatic heterocycles. The highest BCUT2D eigenvalue weighted by atomic mass is 16.5. The zero-order chi connectivity index (χ0) is 16.2. The summed E-state index contributed by atoms with van der Waals surface area (Å²) in [6, 6.07) is 8.89. The third-order valence-corrected chi connectivity index (χ3v) is 4.03. The second-order valence-corrected chi connectivity index (χ2v) is 5.62. The number of hydrogen-bond acceptors (Lipinski definition) is 4. The summed E-state index contributed by atoms with van der Waals surface area (Å²) in [4.78, 5) is 14.3. The van der Waals surface area contributed by atoms with Gasteiger partial charge in [-0.3, -0.25) is 9.48 Å². The lowest BCUT2D eigenvalue weighted by Crippen LogP contribution is -2.34. The Balaban J connectivity index is 1.61. The van der Waals surface area contributed by atoms with Gasteiger partial charge in [-0.15, -0.1) is 0 Å². The normalized spacial score (nSPS) is 17.0. The van der Waals surface area contributed by atoms with E-state index < -0.39 is 0 Å². The van der Waals surface area contributed by atoms with E-state index in [2.05, 4.69) is 11.2 Å². The van der Waals surface area contributed by atoms with Crippen molar-refractivity contribution in [3.63, 3.8) is 0 Å². The number of nitrogens with zero attached hydrogens (tertiary/aromatic N) is 4. The number of rotatable bonds is 4. The van der Waals surface area contributed by atoms with Gasteiger partial charge in [0.1, 0.15) is 5.75 Å². The minimum absolute atomic E-state index is 0.00264. The molecule has 6 nitrogen and oxygen atoms in total. The second kappa shape index (κ2) is 6.53. The van der Waals surface area contributed by atoms with Crippen LogP contribution in [0.25, 0.3) is 0 Å². The molecule has 1 amide bonds. The zero-order valence-corrected chi connectivity index (χ0v) is 13.0. The van der Waals surface area contributed by atoms with E-state index in [1.165, 1.54) is 0 Å². The molecule has 23 heavy (non-hydrogen) atoms. The van der Waals surface area contributed by atoms with Gasteiger partial charge in [0.25, 0.3) is 5.91 Å². The van der Waals surface area contributed by atoms with Crippen molar-refractivity contribution in [3.8, 4) is 11.8 Å². The number of ether oxygens (including phenoxy) is 1. The molecule has 0 saturated carbocycles. The minimum atomic E-state index is -0.0271. The molecule has 1 aliphatic rings. The molecule has 3 rings (SSSR count). The van der Waals surface area contributed by atoms with E-state index in [4.69, 9.17) is 10.00 Å². The average Bonchev–Trinajstić information content (AvgIpc) is 3.21. The molecular weight excluding hydrogens is 292 g/mol. The number of benzene rings is 1. The number of carbonyl (C=O) groups excluding carboxylic acids is 1. The number of carbonyl (C=O) groups is 1. The average molecular weight is 310 g/mol.